The average molecular weight is 198 g/mol. The Balaban J connectivity index is 2.03. The van der Waals surface area contributed by atoms with Crippen LogP contribution in [0.15, 0.2) is 0 Å². The summed E-state index contributed by atoms with van der Waals surface area (Å²) in [6, 6.07) is 0. The predicted molar refractivity (Wildman–Crippen MR) is 58.1 cm³/mol. The summed E-state index contributed by atoms with van der Waals surface area (Å²) < 4.78 is 0. The van der Waals surface area contributed by atoms with Gasteiger partial charge in [-0.1, -0.05) is 6.92 Å². The second-order valence-corrected chi connectivity index (χ2v) is 4.34. The van der Waals surface area contributed by atoms with Crippen LogP contribution in [0.1, 0.15) is 39.0 Å². The van der Waals surface area contributed by atoms with Crippen molar-refractivity contribution in [3.63, 3.8) is 0 Å². The van der Waals surface area contributed by atoms with Crippen molar-refractivity contribution < 1.29 is 4.79 Å². The quantitative estimate of drug-likeness (QED) is 0.605. The van der Waals surface area contributed by atoms with Gasteiger partial charge in [0.1, 0.15) is 0 Å². The molecule has 82 valence electrons. The average Bonchev–Trinajstić information content (AvgIpc) is 2.96. The molecule has 1 amide bonds. The Hall–Kier alpha value is -0.570. The topological polar surface area (TPSA) is 41.1 Å². The number of nitrogens with one attached hydrogen (secondary N) is 2. The summed E-state index contributed by atoms with van der Waals surface area (Å²) in [6.07, 6.45) is 5.37. The van der Waals surface area contributed by atoms with Crippen LogP contribution in [-0.2, 0) is 4.79 Å². The van der Waals surface area contributed by atoms with Gasteiger partial charge in [-0.05, 0) is 44.7 Å². The van der Waals surface area contributed by atoms with Gasteiger partial charge in [-0.2, -0.15) is 0 Å². The van der Waals surface area contributed by atoms with E-state index in [-0.39, 0.29) is 5.91 Å². The van der Waals surface area contributed by atoms with E-state index in [1.54, 1.807) is 0 Å². The maximum absolute atomic E-state index is 11.4. The summed E-state index contributed by atoms with van der Waals surface area (Å²) in [5, 5.41) is 6.07. The van der Waals surface area contributed by atoms with E-state index in [1.807, 2.05) is 7.05 Å². The predicted octanol–water partition coefficient (Wildman–Crippen LogP) is 1.29. The van der Waals surface area contributed by atoms with Crippen LogP contribution in [-0.4, -0.2) is 26.0 Å². The van der Waals surface area contributed by atoms with Crippen molar-refractivity contribution in [3.05, 3.63) is 0 Å². The molecular formula is C11H22N2O. The van der Waals surface area contributed by atoms with Crippen molar-refractivity contribution >= 4 is 5.91 Å². The Labute approximate surface area is 86.6 Å². The standard InChI is InChI=1S/C11H22N2O/c1-3-11(6-7-11)9-13-10(14)5-4-8-12-2/h12H,3-9H2,1-2H3,(H,13,14). The maximum atomic E-state index is 11.4. The van der Waals surface area contributed by atoms with Crippen LogP contribution >= 0.6 is 0 Å². The van der Waals surface area contributed by atoms with Crippen molar-refractivity contribution in [1.82, 2.24) is 10.6 Å². The third-order valence-corrected chi connectivity index (χ3v) is 3.20. The minimum absolute atomic E-state index is 0.208. The first-order valence-corrected chi connectivity index (χ1v) is 5.64. The minimum atomic E-state index is 0.208. The number of carbonyl (C=O) groups excluding carboxylic acids is 1. The number of rotatable bonds is 7. The fourth-order valence-corrected chi connectivity index (χ4v) is 1.63. The van der Waals surface area contributed by atoms with Gasteiger partial charge in [-0.25, -0.2) is 0 Å². The molecule has 1 aliphatic rings. The number of hydrogen-bond acceptors (Lipinski definition) is 2. The van der Waals surface area contributed by atoms with Crippen LogP contribution in [0.4, 0.5) is 0 Å². The van der Waals surface area contributed by atoms with Gasteiger partial charge in [0, 0.05) is 13.0 Å². The zero-order chi connectivity index (χ0) is 10.4. The molecule has 2 N–H and O–H groups in total. The Morgan fingerprint density at radius 1 is 1.43 bits per heavy atom. The summed E-state index contributed by atoms with van der Waals surface area (Å²) in [7, 11) is 1.91. The molecule has 3 heteroatoms. The summed E-state index contributed by atoms with van der Waals surface area (Å²) in [5.41, 5.74) is 0.471. The molecule has 0 radical (unpaired) electrons. The van der Waals surface area contributed by atoms with Crippen LogP contribution in [0.3, 0.4) is 0 Å². The van der Waals surface area contributed by atoms with Crippen LogP contribution in [0.25, 0.3) is 0 Å². The van der Waals surface area contributed by atoms with Gasteiger partial charge in [0.15, 0.2) is 0 Å². The molecule has 1 rings (SSSR count). The Kier molecular flexibility index (Phi) is 4.39. The monoisotopic (exact) mass is 198 g/mol. The SMILES string of the molecule is CCC1(CNC(=O)CCCNC)CC1. The van der Waals surface area contributed by atoms with E-state index in [9.17, 15) is 4.79 Å². The van der Waals surface area contributed by atoms with Gasteiger partial charge in [-0.3, -0.25) is 4.79 Å². The van der Waals surface area contributed by atoms with Crippen LogP contribution in [0.2, 0.25) is 0 Å². The summed E-state index contributed by atoms with van der Waals surface area (Å²) in [4.78, 5) is 11.4. The zero-order valence-electron chi connectivity index (χ0n) is 9.36. The van der Waals surface area contributed by atoms with E-state index in [4.69, 9.17) is 0 Å². The first-order chi connectivity index (χ1) is 6.72. The second-order valence-electron chi connectivity index (χ2n) is 4.34. The van der Waals surface area contributed by atoms with Crippen LogP contribution in [0.5, 0.6) is 0 Å². The third-order valence-electron chi connectivity index (χ3n) is 3.20. The fraction of sp³-hybridized carbons (Fsp3) is 0.909. The van der Waals surface area contributed by atoms with E-state index < -0.39 is 0 Å². The molecule has 0 aromatic rings. The Morgan fingerprint density at radius 2 is 2.14 bits per heavy atom. The molecular weight excluding hydrogens is 176 g/mol. The molecule has 0 aromatic carbocycles. The van der Waals surface area contributed by atoms with E-state index in [2.05, 4.69) is 17.6 Å². The fourth-order valence-electron chi connectivity index (χ4n) is 1.63. The molecule has 0 aromatic heterocycles. The van der Waals surface area contributed by atoms with Gasteiger partial charge in [-0.15, -0.1) is 0 Å². The van der Waals surface area contributed by atoms with Gasteiger partial charge >= 0.3 is 0 Å². The highest BCUT2D eigenvalue weighted by Gasteiger charge is 2.40. The normalized spacial score (nSPS) is 17.9. The van der Waals surface area contributed by atoms with Crippen molar-refractivity contribution in [2.45, 2.75) is 39.0 Å². The van der Waals surface area contributed by atoms with Crippen LogP contribution in [0, 0.1) is 5.41 Å². The molecule has 0 aliphatic heterocycles. The van der Waals surface area contributed by atoms with Crippen molar-refractivity contribution in [3.8, 4) is 0 Å². The van der Waals surface area contributed by atoms with Gasteiger partial charge in [0.05, 0.1) is 0 Å². The van der Waals surface area contributed by atoms with E-state index in [0.29, 0.717) is 11.8 Å². The summed E-state index contributed by atoms with van der Waals surface area (Å²) in [5.74, 6) is 0.208. The van der Waals surface area contributed by atoms with E-state index in [0.717, 1.165) is 19.5 Å². The lowest BCUT2D eigenvalue weighted by Crippen LogP contribution is -2.30. The van der Waals surface area contributed by atoms with E-state index >= 15 is 0 Å². The smallest absolute Gasteiger partial charge is 0.220 e. The molecule has 3 nitrogen and oxygen atoms in total. The largest absolute Gasteiger partial charge is 0.356 e. The molecule has 0 saturated heterocycles. The Morgan fingerprint density at radius 3 is 2.64 bits per heavy atom. The first-order valence-electron chi connectivity index (χ1n) is 5.64. The highest BCUT2D eigenvalue weighted by Crippen LogP contribution is 2.47. The number of hydrogen-bond donors (Lipinski definition) is 2. The molecule has 0 atom stereocenters. The molecule has 0 unspecified atom stereocenters. The highest BCUT2D eigenvalue weighted by atomic mass is 16.1. The lowest BCUT2D eigenvalue weighted by atomic mass is 10.0. The summed E-state index contributed by atoms with van der Waals surface area (Å²) >= 11 is 0. The van der Waals surface area contributed by atoms with Crippen LogP contribution < -0.4 is 10.6 Å². The van der Waals surface area contributed by atoms with E-state index in [1.165, 1.54) is 19.3 Å². The molecule has 1 fully saturated rings. The highest BCUT2D eigenvalue weighted by molar-refractivity contribution is 5.75. The number of carbonyl (C=O) groups is 1. The molecule has 1 saturated carbocycles. The molecule has 0 heterocycles. The van der Waals surface area contributed by atoms with Crippen molar-refractivity contribution in [2.24, 2.45) is 5.41 Å². The van der Waals surface area contributed by atoms with Gasteiger partial charge in [0.25, 0.3) is 0 Å². The van der Waals surface area contributed by atoms with Crippen molar-refractivity contribution in [2.75, 3.05) is 20.1 Å². The van der Waals surface area contributed by atoms with Gasteiger partial charge < -0.3 is 10.6 Å². The van der Waals surface area contributed by atoms with Gasteiger partial charge in [0.2, 0.25) is 5.91 Å². The minimum Gasteiger partial charge on any atom is -0.356 e. The second kappa shape index (κ2) is 5.35. The first kappa shape index (κ1) is 11.5. The maximum Gasteiger partial charge on any atom is 0.220 e. The third kappa shape index (κ3) is 3.66. The number of amides is 1. The summed E-state index contributed by atoms with van der Waals surface area (Å²) in [6.45, 7) is 4.02. The lowest BCUT2D eigenvalue weighted by molar-refractivity contribution is -0.121. The molecule has 1 aliphatic carbocycles. The van der Waals surface area contributed by atoms with Crippen molar-refractivity contribution in [1.29, 1.82) is 0 Å². The molecule has 14 heavy (non-hydrogen) atoms. The Bertz CT molecular complexity index is 188. The zero-order valence-corrected chi connectivity index (χ0v) is 9.36. The molecule has 0 spiro atoms. The molecule has 0 bridgehead atoms. The lowest BCUT2D eigenvalue weighted by Gasteiger charge is -2.13.